The average Bonchev–Trinajstić information content (AvgIpc) is 2.65. The number of nitrogens with zero attached hydrogens (tertiary/aromatic N) is 1. The summed E-state index contributed by atoms with van der Waals surface area (Å²) in [5.41, 5.74) is 7.21. The normalized spacial score (nSPS) is 10.9. The number of hydrogen-bond donors (Lipinski definition) is 2. The first-order valence-corrected chi connectivity index (χ1v) is 6.79. The minimum atomic E-state index is 0.778. The van der Waals surface area contributed by atoms with Gasteiger partial charge in [0.25, 0.3) is 0 Å². The number of aromatic amines is 1. The highest BCUT2D eigenvalue weighted by molar-refractivity contribution is 9.10. The van der Waals surface area contributed by atoms with Crippen molar-refractivity contribution in [3.05, 3.63) is 39.3 Å². The summed E-state index contributed by atoms with van der Waals surface area (Å²) in [6, 6.07) is 4.43. The van der Waals surface area contributed by atoms with Crippen LogP contribution in [-0.2, 0) is 6.54 Å². The molecule has 0 fully saturated rings. The third-order valence-corrected chi connectivity index (χ3v) is 3.57. The van der Waals surface area contributed by atoms with Crippen LogP contribution < -0.4 is 5.32 Å². The molecule has 1 aromatic carbocycles. The Hall–Kier alpha value is -1.13. The maximum Gasteiger partial charge on any atom is 0.175 e. The molecule has 1 aromatic heterocycles. The van der Waals surface area contributed by atoms with Crippen LogP contribution in [0.2, 0.25) is 0 Å². The van der Waals surface area contributed by atoms with Gasteiger partial charge in [0, 0.05) is 12.1 Å². The number of aromatic nitrogens is 2. The first-order valence-electron chi connectivity index (χ1n) is 6.00. The highest BCUT2D eigenvalue weighted by atomic mass is 79.9. The fourth-order valence-electron chi connectivity index (χ4n) is 2.12. The summed E-state index contributed by atoms with van der Waals surface area (Å²) in [7, 11) is 1.94. The van der Waals surface area contributed by atoms with Gasteiger partial charge in [-0.1, -0.05) is 6.07 Å². The van der Waals surface area contributed by atoms with Gasteiger partial charge in [0.05, 0.1) is 11.4 Å². The molecule has 0 atom stereocenters. The molecule has 0 bridgehead atoms. The summed E-state index contributed by atoms with van der Waals surface area (Å²) in [5.74, 6) is 0. The number of H-pyrrole nitrogens is 1. The topological polar surface area (TPSA) is 40.7 Å². The first-order chi connectivity index (χ1) is 8.52. The number of halogens is 1. The zero-order valence-corrected chi connectivity index (χ0v) is 12.8. The van der Waals surface area contributed by atoms with E-state index in [-0.39, 0.29) is 0 Å². The van der Waals surface area contributed by atoms with Gasteiger partial charge in [-0.05, 0) is 66.5 Å². The summed E-state index contributed by atoms with van der Waals surface area (Å²) >= 11 is 3.41. The zero-order chi connectivity index (χ0) is 13.3. The SMILES string of the molecule is CNCc1[nH]c(Br)nc1-c1cc(C)c(C)cc1C. The Bertz CT molecular complexity index is 573. The quantitative estimate of drug-likeness (QED) is 0.911. The van der Waals surface area contributed by atoms with E-state index in [1.54, 1.807) is 0 Å². The van der Waals surface area contributed by atoms with Crippen molar-refractivity contribution < 1.29 is 0 Å². The number of hydrogen-bond acceptors (Lipinski definition) is 2. The van der Waals surface area contributed by atoms with Gasteiger partial charge < -0.3 is 10.3 Å². The largest absolute Gasteiger partial charge is 0.335 e. The van der Waals surface area contributed by atoms with Gasteiger partial charge >= 0.3 is 0 Å². The van der Waals surface area contributed by atoms with Crippen LogP contribution in [0, 0.1) is 20.8 Å². The van der Waals surface area contributed by atoms with Gasteiger partial charge in [-0.2, -0.15) is 0 Å². The molecule has 0 amide bonds. The maximum atomic E-state index is 4.55. The van der Waals surface area contributed by atoms with Crippen LogP contribution in [0.5, 0.6) is 0 Å². The summed E-state index contributed by atoms with van der Waals surface area (Å²) in [6.45, 7) is 7.19. The number of rotatable bonds is 3. The fraction of sp³-hybridized carbons (Fsp3) is 0.357. The van der Waals surface area contributed by atoms with E-state index in [0.717, 1.165) is 22.7 Å². The first kappa shape index (κ1) is 13.3. The second-order valence-corrected chi connectivity index (χ2v) is 5.39. The number of nitrogens with one attached hydrogen (secondary N) is 2. The smallest absolute Gasteiger partial charge is 0.175 e. The lowest BCUT2D eigenvalue weighted by Crippen LogP contribution is -2.06. The Morgan fingerprint density at radius 2 is 1.83 bits per heavy atom. The molecule has 3 nitrogen and oxygen atoms in total. The van der Waals surface area contributed by atoms with Crippen molar-refractivity contribution in [2.75, 3.05) is 7.05 Å². The van der Waals surface area contributed by atoms with E-state index < -0.39 is 0 Å². The molecule has 96 valence electrons. The van der Waals surface area contributed by atoms with Gasteiger partial charge in [-0.15, -0.1) is 0 Å². The van der Waals surface area contributed by atoms with Crippen LogP contribution in [-0.4, -0.2) is 17.0 Å². The lowest BCUT2D eigenvalue weighted by Gasteiger charge is -2.09. The van der Waals surface area contributed by atoms with Crippen LogP contribution in [0.25, 0.3) is 11.3 Å². The van der Waals surface area contributed by atoms with Crippen molar-refractivity contribution in [1.82, 2.24) is 15.3 Å². The van der Waals surface area contributed by atoms with Gasteiger partial charge in [0.1, 0.15) is 0 Å². The minimum absolute atomic E-state index is 0.778. The van der Waals surface area contributed by atoms with Crippen LogP contribution in [0.4, 0.5) is 0 Å². The Morgan fingerprint density at radius 3 is 2.50 bits per heavy atom. The average molecular weight is 308 g/mol. The third kappa shape index (κ3) is 2.49. The van der Waals surface area contributed by atoms with Crippen molar-refractivity contribution in [3.63, 3.8) is 0 Å². The van der Waals surface area contributed by atoms with Crippen molar-refractivity contribution in [2.24, 2.45) is 0 Å². The van der Waals surface area contributed by atoms with Gasteiger partial charge in [-0.25, -0.2) is 4.98 Å². The van der Waals surface area contributed by atoms with Crippen molar-refractivity contribution in [2.45, 2.75) is 27.3 Å². The predicted molar refractivity (Wildman–Crippen MR) is 78.7 cm³/mol. The number of imidazole rings is 1. The van der Waals surface area contributed by atoms with Crippen LogP contribution in [0.1, 0.15) is 22.4 Å². The molecule has 0 unspecified atom stereocenters. The molecule has 0 aliphatic heterocycles. The summed E-state index contributed by atoms with van der Waals surface area (Å²) in [6.07, 6.45) is 0. The molecule has 2 N–H and O–H groups in total. The molecule has 2 aromatic rings. The lowest BCUT2D eigenvalue weighted by molar-refractivity contribution is 0.797. The molecule has 2 rings (SSSR count). The molecule has 4 heteroatoms. The molecule has 0 spiro atoms. The highest BCUT2D eigenvalue weighted by Crippen LogP contribution is 2.28. The monoisotopic (exact) mass is 307 g/mol. The molecular formula is C14H18BrN3. The predicted octanol–water partition coefficient (Wildman–Crippen LogP) is 3.48. The second-order valence-electron chi connectivity index (χ2n) is 4.64. The molecule has 0 saturated carbocycles. The lowest BCUT2D eigenvalue weighted by atomic mass is 9.98. The second kappa shape index (κ2) is 5.24. The Labute approximate surface area is 116 Å². The van der Waals surface area contributed by atoms with E-state index in [9.17, 15) is 0 Å². The zero-order valence-electron chi connectivity index (χ0n) is 11.2. The van der Waals surface area contributed by atoms with Crippen LogP contribution in [0.15, 0.2) is 16.9 Å². The van der Waals surface area contributed by atoms with Gasteiger partial charge in [0.15, 0.2) is 4.73 Å². The molecule has 0 aliphatic carbocycles. The maximum absolute atomic E-state index is 4.55. The van der Waals surface area contributed by atoms with Crippen LogP contribution in [0.3, 0.4) is 0 Å². The molecule has 0 radical (unpaired) electrons. The van der Waals surface area contributed by atoms with Crippen molar-refractivity contribution in [3.8, 4) is 11.3 Å². The van der Waals surface area contributed by atoms with Gasteiger partial charge in [0.2, 0.25) is 0 Å². The number of benzene rings is 1. The summed E-state index contributed by atoms with van der Waals surface area (Å²) < 4.78 is 0.778. The molecule has 1 heterocycles. The van der Waals surface area contributed by atoms with Crippen molar-refractivity contribution in [1.29, 1.82) is 0 Å². The number of aryl methyl sites for hydroxylation is 3. The fourth-order valence-corrected chi connectivity index (χ4v) is 2.54. The Kier molecular flexibility index (Phi) is 3.88. The Balaban J connectivity index is 2.57. The van der Waals surface area contributed by atoms with E-state index in [0.29, 0.717) is 0 Å². The van der Waals surface area contributed by atoms with Crippen molar-refractivity contribution >= 4 is 15.9 Å². The van der Waals surface area contributed by atoms with Crippen LogP contribution >= 0.6 is 15.9 Å². The highest BCUT2D eigenvalue weighted by Gasteiger charge is 2.13. The van der Waals surface area contributed by atoms with Gasteiger partial charge in [-0.3, -0.25) is 0 Å². The molecular weight excluding hydrogens is 290 g/mol. The van der Waals surface area contributed by atoms with E-state index in [1.165, 1.54) is 22.3 Å². The molecule has 0 aliphatic rings. The summed E-state index contributed by atoms with van der Waals surface area (Å²) in [4.78, 5) is 7.80. The molecule has 18 heavy (non-hydrogen) atoms. The van der Waals surface area contributed by atoms with E-state index >= 15 is 0 Å². The summed E-state index contributed by atoms with van der Waals surface area (Å²) in [5, 5.41) is 3.16. The Morgan fingerprint density at radius 1 is 1.17 bits per heavy atom. The minimum Gasteiger partial charge on any atom is -0.335 e. The van der Waals surface area contributed by atoms with E-state index in [4.69, 9.17) is 0 Å². The van der Waals surface area contributed by atoms with E-state index in [1.807, 2.05) is 7.05 Å². The third-order valence-electron chi connectivity index (χ3n) is 3.20. The standard InChI is InChI=1S/C14H18BrN3/c1-8-5-10(3)11(6-9(8)2)13-12(7-16-4)17-14(15)18-13/h5-6,16H,7H2,1-4H3,(H,17,18). The van der Waals surface area contributed by atoms with E-state index in [2.05, 4.69) is 64.1 Å². The molecule has 0 saturated heterocycles.